The van der Waals surface area contributed by atoms with E-state index in [-0.39, 0.29) is 30.3 Å². The highest BCUT2D eigenvalue weighted by Gasteiger charge is 2.38. The minimum absolute atomic E-state index is 0.162. The van der Waals surface area contributed by atoms with Gasteiger partial charge in [0, 0.05) is 41.1 Å². The van der Waals surface area contributed by atoms with E-state index in [0.717, 1.165) is 25.1 Å². The summed E-state index contributed by atoms with van der Waals surface area (Å²) < 4.78 is 89.5. The lowest BCUT2D eigenvalue weighted by Gasteiger charge is -2.35. The lowest BCUT2D eigenvalue weighted by Crippen LogP contribution is -2.44. The van der Waals surface area contributed by atoms with Crippen molar-refractivity contribution in [1.29, 1.82) is 0 Å². The molecule has 3 aromatic rings. The number of carboxylic acids is 1. The first kappa shape index (κ1) is 22.0. The van der Waals surface area contributed by atoms with Crippen LogP contribution in [0.25, 0.3) is 5.69 Å². The van der Waals surface area contributed by atoms with Crippen LogP contribution in [0.3, 0.4) is 0 Å². The molecule has 1 atom stereocenters. The largest absolute Gasteiger partial charge is 0.490 e. The highest BCUT2D eigenvalue weighted by molar-refractivity contribution is 7.80. The molecule has 1 amide bonds. The van der Waals surface area contributed by atoms with Crippen molar-refractivity contribution >= 4 is 24.5 Å². The van der Waals surface area contributed by atoms with Crippen molar-refractivity contribution in [3.8, 4) is 5.69 Å². The number of para-hydroxylation sites is 1. The average molecular weight is 596 g/mol. The lowest BCUT2D eigenvalue weighted by molar-refractivity contribution is -0.192. The number of amides is 1. The number of nitrogens with zero attached hydrogens (tertiary/aromatic N) is 3. The number of rotatable bonds is 7. The van der Waals surface area contributed by atoms with Gasteiger partial charge in [-0.2, -0.15) is 13.2 Å². The molecule has 12 heteroatoms. The second-order valence-corrected chi connectivity index (χ2v) is 9.74. The van der Waals surface area contributed by atoms with Crippen LogP contribution in [0.1, 0.15) is 69.2 Å². The zero-order valence-corrected chi connectivity index (χ0v) is 22.5. The number of hydrogen-bond donors (Lipinski definition) is 3. The zero-order chi connectivity index (χ0) is 35.7. The van der Waals surface area contributed by atoms with Crippen LogP contribution in [0.5, 0.6) is 0 Å². The van der Waals surface area contributed by atoms with Gasteiger partial charge in [-0.3, -0.25) is 14.2 Å². The van der Waals surface area contributed by atoms with Crippen molar-refractivity contribution in [2.24, 2.45) is 0 Å². The summed E-state index contributed by atoms with van der Waals surface area (Å²) in [5, 5.41) is 8.81. The molecule has 1 saturated carbocycles. The Balaban J connectivity index is 0.000000671. The Kier molecular flexibility index (Phi) is 7.17. The van der Waals surface area contributed by atoms with E-state index in [0.29, 0.717) is 29.9 Å². The predicted octanol–water partition coefficient (Wildman–Crippen LogP) is 4.63. The summed E-state index contributed by atoms with van der Waals surface area (Å²) in [6, 6.07) is 6.12. The molecule has 1 aliphatic carbocycles. The molecule has 0 bridgehead atoms. The van der Waals surface area contributed by atoms with Crippen molar-refractivity contribution in [3.05, 3.63) is 93.5 Å². The highest BCUT2D eigenvalue weighted by Crippen LogP contribution is 2.38. The third-order valence-electron chi connectivity index (χ3n) is 6.59. The maximum Gasteiger partial charge on any atom is 0.490 e. The number of fused-ring (bicyclic) bond motifs is 1. The quantitative estimate of drug-likeness (QED) is 0.345. The first-order chi connectivity index (χ1) is 22.4. The van der Waals surface area contributed by atoms with E-state index in [1.807, 2.05) is 30.3 Å². The van der Waals surface area contributed by atoms with Gasteiger partial charge in [0.2, 0.25) is 5.91 Å². The molecule has 0 radical (unpaired) electrons. The standard InChI is InChI=1S/C27H30N4O2S.C2HF3O2/c32-23(14-16-28-18-19-8-3-1-4-9-19)30-17-15-22-24(27(30)34)26(33)31(21-12-5-2-6-13-21)25(29-22)20-10-7-11-20;3-2(4,5)1(6)7/h1-6,8-9,12-13,20,27-28,34H,7,10-11,14-18H2;(H,6,7)/i1D,3D,4D,8D,9D,18D2;. The Morgan fingerprint density at radius 2 is 1.83 bits per heavy atom. The molecule has 1 fully saturated rings. The third kappa shape index (κ3) is 7.36. The first-order valence-electron chi connectivity index (χ1n) is 16.2. The SMILES string of the molecule is O=C(O)C(F)(F)F.[2H]c1c([2H])c([2H])c(C([2H])([2H])NCCC(=O)N2CCc3nc(C4CCC4)n(-c4ccccc4)c(=O)c3C2S)c([2H])c1[2H]. The van der Waals surface area contributed by atoms with Gasteiger partial charge >= 0.3 is 12.1 Å². The molecule has 41 heavy (non-hydrogen) atoms. The van der Waals surface area contributed by atoms with E-state index >= 15 is 0 Å². The topological polar surface area (TPSA) is 105 Å². The maximum absolute atomic E-state index is 13.9. The average Bonchev–Trinajstić information content (AvgIpc) is 2.98. The Bertz CT molecular complexity index is 1750. The van der Waals surface area contributed by atoms with Gasteiger partial charge in [-0.1, -0.05) is 54.8 Å². The van der Waals surface area contributed by atoms with Crippen molar-refractivity contribution < 1.29 is 37.5 Å². The van der Waals surface area contributed by atoms with Crippen LogP contribution in [0.2, 0.25) is 0 Å². The fraction of sp³-hybridized carbons (Fsp3) is 0.379. The van der Waals surface area contributed by atoms with Crippen molar-refractivity contribution in [1.82, 2.24) is 19.8 Å². The fourth-order valence-electron chi connectivity index (χ4n) is 4.36. The van der Waals surface area contributed by atoms with Crippen molar-refractivity contribution in [3.63, 3.8) is 0 Å². The number of carbonyl (C=O) groups excluding carboxylic acids is 1. The molecule has 0 saturated heterocycles. The summed E-state index contributed by atoms with van der Waals surface area (Å²) >= 11 is 4.67. The van der Waals surface area contributed by atoms with Crippen molar-refractivity contribution in [2.45, 2.75) is 56.1 Å². The zero-order valence-electron chi connectivity index (χ0n) is 28.6. The second kappa shape index (κ2) is 13.3. The predicted molar refractivity (Wildman–Crippen MR) is 150 cm³/mol. The highest BCUT2D eigenvalue weighted by atomic mass is 32.1. The van der Waals surface area contributed by atoms with E-state index in [1.165, 1.54) is 4.90 Å². The van der Waals surface area contributed by atoms with Gasteiger partial charge in [0.1, 0.15) is 11.2 Å². The molecule has 0 spiro atoms. The molecule has 8 nitrogen and oxygen atoms in total. The second-order valence-electron chi connectivity index (χ2n) is 9.25. The molecule has 2 heterocycles. The summed E-state index contributed by atoms with van der Waals surface area (Å²) in [7, 11) is 0. The normalized spacial score (nSPS) is 19.5. The number of thiol groups is 1. The summed E-state index contributed by atoms with van der Waals surface area (Å²) in [5.41, 5.74) is 0.921. The number of benzene rings is 2. The van der Waals surface area contributed by atoms with E-state index in [1.54, 1.807) is 4.57 Å². The molecule has 1 aromatic heterocycles. The molecule has 1 aliphatic heterocycles. The van der Waals surface area contributed by atoms with Gasteiger partial charge in [-0.15, -0.1) is 12.6 Å². The van der Waals surface area contributed by atoms with Crippen LogP contribution in [-0.4, -0.2) is 50.7 Å². The number of carboxylic acid groups (broad SMARTS) is 1. The van der Waals surface area contributed by atoms with Gasteiger partial charge in [0.05, 0.1) is 23.8 Å². The minimum atomic E-state index is -5.08. The van der Waals surface area contributed by atoms with Gasteiger partial charge in [-0.05, 0) is 30.5 Å². The van der Waals surface area contributed by atoms with Gasteiger partial charge in [0.25, 0.3) is 5.56 Å². The lowest BCUT2D eigenvalue weighted by atomic mass is 9.84. The summed E-state index contributed by atoms with van der Waals surface area (Å²) in [6.07, 6.45) is -1.83. The van der Waals surface area contributed by atoms with Gasteiger partial charge in [-0.25, -0.2) is 9.78 Å². The minimum Gasteiger partial charge on any atom is -0.475 e. The summed E-state index contributed by atoms with van der Waals surface area (Å²) in [4.78, 5) is 42.4. The van der Waals surface area contributed by atoms with Gasteiger partial charge in [0.15, 0.2) is 0 Å². The van der Waals surface area contributed by atoms with Crippen LogP contribution in [0, 0.1) is 0 Å². The van der Waals surface area contributed by atoms with E-state index in [9.17, 15) is 22.8 Å². The van der Waals surface area contributed by atoms with E-state index < -0.39 is 59.8 Å². The molecule has 1 unspecified atom stereocenters. The number of carbonyl (C=O) groups is 2. The number of alkyl halides is 3. The third-order valence-corrected chi connectivity index (χ3v) is 7.13. The maximum atomic E-state index is 13.9. The monoisotopic (exact) mass is 595 g/mol. The summed E-state index contributed by atoms with van der Waals surface area (Å²) in [6.45, 7) is -2.37. The number of halogens is 3. The molecule has 2 aromatic carbocycles. The Hall–Kier alpha value is -3.64. The smallest absolute Gasteiger partial charge is 0.475 e. The Labute approximate surface area is 250 Å². The number of hydrogen-bond acceptors (Lipinski definition) is 6. The Morgan fingerprint density at radius 3 is 2.41 bits per heavy atom. The van der Waals surface area contributed by atoms with Crippen LogP contribution < -0.4 is 10.9 Å². The first-order valence-corrected chi connectivity index (χ1v) is 13.2. The van der Waals surface area contributed by atoms with Crippen LogP contribution in [-0.2, 0) is 22.5 Å². The molecule has 2 N–H and O–H groups in total. The molecular weight excluding hydrogens is 557 g/mol. The molecule has 2 aliphatic rings. The number of aliphatic carboxylic acids is 1. The van der Waals surface area contributed by atoms with Crippen LogP contribution >= 0.6 is 12.6 Å². The number of nitrogens with one attached hydrogen (secondary N) is 1. The Morgan fingerprint density at radius 1 is 1.17 bits per heavy atom. The van der Waals surface area contributed by atoms with Crippen LogP contribution in [0.4, 0.5) is 13.2 Å². The van der Waals surface area contributed by atoms with Gasteiger partial charge < -0.3 is 15.3 Å². The molecule has 218 valence electrons. The summed E-state index contributed by atoms with van der Waals surface area (Å²) in [5.74, 6) is -2.18. The molecule has 5 rings (SSSR count). The van der Waals surface area contributed by atoms with E-state index in [4.69, 9.17) is 24.5 Å². The fourth-order valence-corrected chi connectivity index (χ4v) is 4.86. The van der Waals surface area contributed by atoms with Crippen molar-refractivity contribution in [2.75, 3.05) is 13.1 Å². The van der Waals surface area contributed by atoms with Crippen LogP contribution in [0.15, 0.2) is 65.3 Å². The molecular formula is C29H31F3N4O4S. The number of aromatic nitrogens is 2. The van der Waals surface area contributed by atoms with E-state index in [2.05, 4.69) is 17.9 Å².